The van der Waals surface area contributed by atoms with E-state index in [-0.39, 0.29) is 16.8 Å². The average Bonchev–Trinajstić information content (AvgIpc) is 2.84. The maximum Gasteiger partial charge on any atom is 0.458 e. The number of anilines is 1. The van der Waals surface area contributed by atoms with E-state index < -0.39 is 45.3 Å². The summed E-state index contributed by atoms with van der Waals surface area (Å²) in [7, 11) is -4.03. The molecule has 1 aliphatic heterocycles. The number of carbonyl (C=O) groups excluding carboxylic acids is 2. The molecule has 6 nitrogen and oxygen atoms in total. The van der Waals surface area contributed by atoms with Gasteiger partial charge in [0.2, 0.25) is 0 Å². The van der Waals surface area contributed by atoms with Gasteiger partial charge in [-0.25, -0.2) is 4.90 Å². The second-order valence-electron chi connectivity index (χ2n) is 6.03. The molecule has 0 radical (unpaired) electrons. The molecule has 29 heavy (non-hydrogen) atoms. The molecule has 0 aromatic heterocycles. The molecule has 0 spiro atoms. The van der Waals surface area contributed by atoms with Crippen LogP contribution in [0.2, 0.25) is 0 Å². The number of halogens is 5. The van der Waals surface area contributed by atoms with Crippen LogP contribution in [0.3, 0.4) is 0 Å². The van der Waals surface area contributed by atoms with E-state index in [0.29, 0.717) is 17.0 Å². The fourth-order valence-electron chi connectivity index (χ4n) is 2.70. The van der Waals surface area contributed by atoms with Crippen molar-refractivity contribution in [1.82, 2.24) is 0 Å². The number of nitrogens with zero attached hydrogens (tertiary/aromatic N) is 1. The molecule has 0 saturated carbocycles. The summed E-state index contributed by atoms with van der Waals surface area (Å²) in [5.41, 5.74) is -2.22. The zero-order valence-corrected chi connectivity index (χ0v) is 15.1. The van der Waals surface area contributed by atoms with Crippen molar-refractivity contribution in [2.75, 3.05) is 11.2 Å². The minimum Gasteiger partial charge on any atom is -0.382 e. The Morgan fingerprint density at radius 3 is 2.00 bits per heavy atom. The van der Waals surface area contributed by atoms with Gasteiger partial charge >= 0.3 is 22.2 Å². The van der Waals surface area contributed by atoms with Gasteiger partial charge in [-0.2, -0.15) is 30.4 Å². The Kier molecular flexibility index (Phi) is 4.65. The van der Waals surface area contributed by atoms with Crippen molar-refractivity contribution < 1.29 is 44.1 Å². The minimum atomic E-state index is -5.82. The SMILES string of the molecule is CS(=O)(=O)Oc1cccc2c1C(=O)N(c1ccc(C(F)(F)C(F)(F)F)cc1)C2=O. The highest BCUT2D eigenvalue weighted by Gasteiger charge is 2.58. The fourth-order valence-corrected chi connectivity index (χ4v) is 3.17. The molecule has 0 aliphatic carbocycles. The lowest BCUT2D eigenvalue weighted by molar-refractivity contribution is -0.289. The van der Waals surface area contributed by atoms with E-state index in [4.69, 9.17) is 4.18 Å². The van der Waals surface area contributed by atoms with E-state index in [9.17, 15) is 40.0 Å². The first-order valence-electron chi connectivity index (χ1n) is 7.70. The van der Waals surface area contributed by atoms with Crippen molar-refractivity contribution in [2.24, 2.45) is 0 Å². The Labute approximate surface area is 160 Å². The summed E-state index contributed by atoms with van der Waals surface area (Å²) in [4.78, 5) is 25.7. The predicted molar refractivity (Wildman–Crippen MR) is 89.4 cm³/mol. The van der Waals surface area contributed by atoms with Crippen LogP contribution in [0.25, 0.3) is 0 Å². The van der Waals surface area contributed by atoms with Gasteiger partial charge in [-0.1, -0.05) is 18.2 Å². The zero-order chi connectivity index (χ0) is 21.8. The number of benzene rings is 2. The molecule has 0 atom stereocenters. The van der Waals surface area contributed by atoms with Gasteiger partial charge in [0.1, 0.15) is 0 Å². The molecule has 0 unspecified atom stereocenters. The van der Waals surface area contributed by atoms with Crippen molar-refractivity contribution >= 4 is 27.6 Å². The molecule has 0 N–H and O–H groups in total. The van der Waals surface area contributed by atoms with E-state index in [1.807, 2.05) is 0 Å². The molecule has 154 valence electrons. The third kappa shape index (κ3) is 3.55. The number of hydrogen-bond acceptors (Lipinski definition) is 5. The van der Waals surface area contributed by atoms with Gasteiger partial charge in [0, 0.05) is 5.56 Å². The van der Waals surface area contributed by atoms with E-state index in [0.717, 1.165) is 24.5 Å². The number of amides is 2. The topological polar surface area (TPSA) is 80.8 Å². The highest BCUT2D eigenvalue weighted by Crippen LogP contribution is 2.44. The third-order valence-corrected chi connectivity index (χ3v) is 4.44. The van der Waals surface area contributed by atoms with Gasteiger partial charge in [0.05, 0.1) is 23.1 Å². The lowest BCUT2D eigenvalue weighted by atomic mass is 10.1. The Morgan fingerprint density at radius 1 is 0.897 bits per heavy atom. The summed E-state index contributed by atoms with van der Waals surface area (Å²) in [5, 5.41) is 0. The fraction of sp³-hybridized carbons (Fsp3) is 0.176. The van der Waals surface area contributed by atoms with Crippen LogP contribution in [0.15, 0.2) is 42.5 Å². The standard InChI is InChI=1S/C17H10F5NO5S/c1-29(26,27)28-12-4-2-3-11-13(12)15(25)23(14(11)24)10-7-5-9(6-8-10)16(18,19)17(20,21)22/h2-8H,1H3. The lowest BCUT2D eigenvalue weighted by Gasteiger charge is -2.21. The van der Waals surface area contributed by atoms with Crippen LogP contribution in [0, 0.1) is 0 Å². The lowest BCUT2D eigenvalue weighted by Crippen LogP contribution is -2.34. The van der Waals surface area contributed by atoms with Crippen molar-refractivity contribution in [3.05, 3.63) is 59.2 Å². The number of imide groups is 1. The minimum absolute atomic E-state index is 0.208. The van der Waals surface area contributed by atoms with Crippen LogP contribution in [0.4, 0.5) is 27.6 Å². The van der Waals surface area contributed by atoms with E-state index in [2.05, 4.69) is 0 Å². The summed E-state index contributed by atoms with van der Waals surface area (Å²) in [6, 6.07) is 6.03. The molecule has 0 fully saturated rings. The van der Waals surface area contributed by atoms with Gasteiger partial charge in [-0.3, -0.25) is 9.59 Å². The highest BCUT2D eigenvalue weighted by molar-refractivity contribution is 7.86. The van der Waals surface area contributed by atoms with Crippen molar-refractivity contribution in [3.63, 3.8) is 0 Å². The Balaban J connectivity index is 2.00. The molecule has 2 amide bonds. The number of alkyl halides is 5. The highest BCUT2D eigenvalue weighted by atomic mass is 32.2. The Bertz CT molecular complexity index is 1110. The monoisotopic (exact) mass is 435 g/mol. The van der Waals surface area contributed by atoms with Crippen LogP contribution in [0.1, 0.15) is 26.3 Å². The van der Waals surface area contributed by atoms with Gasteiger partial charge in [-0.15, -0.1) is 0 Å². The third-order valence-electron chi connectivity index (χ3n) is 3.96. The average molecular weight is 435 g/mol. The van der Waals surface area contributed by atoms with Crippen LogP contribution < -0.4 is 9.08 Å². The molecule has 2 aromatic carbocycles. The van der Waals surface area contributed by atoms with Crippen molar-refractivity contribution in [1.29, 1.82) is 0 Å². The maximum absolute atomic E-state index is 13.4. The van der Waals surface area contributed by atoms with Gasteiger partial charge < -0.3 is 4.18 Å². The van der Waals surface area contributed by atoms with Crippen LogP contribution in [-0.2, 0) is 16.0 Å². The van der Waals surface area contributed by atoms with E-state index in [1.54, 1.807) is 0 Å². The Morgan fingerprint density at radius 2 is 1.48 bits per heavy atom. The molecule has 12 heteroatoms. The molecular weight excluding hydrogens is 425 g/mol. The zero-order valence-electron chi connectivity index (χ0n) is 14.3. The first-order chi connectivity index (χ1) is 13.2. The first kappa shape index (κ1) is 20.7. The molecular formula is C17H10F5NO5S. The van der Waals surface area contributed by atoms with Gasteiger partial charge in [0.15, 0.2) is 5.75 Å². The largest absolute Gasteiger partial charge is 0.458 e. The Hall–Kier alpha value is -3.02. The quantitative estimate of drug-likeness (QED) is 0.417. The van der Waals surface area contributed by atoms with E-state index >= 15 is 0 Å². The normalized spacial score (nSPS) is 14.9. The molecule has 2 aromatic rings. The predicted octanol–water partition coefficient (Wildman–Crippen LogP) is 3.48. The summed E-state index contributed by atoms with van der Waals surface area (Å²) in [6.45, 7) is 0. The maximum atomic E-state index is 13.4. The molecule has 0 bridgehead atoms. The number of rotatable bonds is 4. The number of hydrogen-bond donors (Lipinski definition) is 0. The molecule has 1 heterocycles. The van der Waals surface area contributed by atoms with Crippen LogP contribution in [-0.4, -0.2) is 32.7 Å². The second-order valence-corrected chi connectivity index (χ2v) is 7.61. The van der Waals surface area contributed by atoms with E-state index in [1.165, 1.54) is 12.1 Å². The smallest absolute Gasteiger partial charge is 0.382 e. The van der Waals surface area contributed by atoms with Crippen molar-refractivity contribution in [2.45, 2.75) is 12.1 Å². The second kappa shape index (κ2) is 6.51. The summed E-state index contributed by atoms with van der Waals surface area (Å²) >= 11 is 0. The molecule has 3 rings (SSSR count). The summed E-state index contributed by atoms with van der Waals surface area (Å²) < 4.78 is 91.6. The van der Waals surface area contributed by atoms with Crippen LogP contribution in [0.5, 0.6) is 5.75 Å². The molecule has 0 saturated heterocycles. The van der Waals surface area contributed by atoms with Crippen molar-refractivity contribution in [3.8, 4) is 5.75 Å². The van der Waals surface area contributed by atoms with Gasteiger partial charge in [0.25, 0.3) is 11.8 Å². The first-order valence-corrected chi connectivity index (χ1v) is 9.52. The summed E-state index contributed by atoms with van der Waals surface area (Å²) in [6.07, 6.45) is -5.09. The molecule has 1 aliphatic rings. The van der Waals surface area contributed by atoms with Gasteiger partial charge in [-0.05, 0) is 24.3 Å². The number of carbonyl (C=O) groups is 2. The number of fused-ring (bicyclic) bond motifs is 1. The summed E-state index contributed by atoms with van der Waals surface area (Å²) in [5.74, 6) is -7.46. The van der Waals surface area contributed by atoms with Crippen LogP contribution >= 0.6 is 0 Å².